The summed E-state index contributed by atoms with van der Waals surface area (Å²) in [5.74, 6) is 1.65. The molecule has 4 aromatic carbocycles. The van der Waals surface area contributed by atoms with E-state index >= 15 is 0 Å². The summed E-state index contributed by atoms with van der Waals surface area (Å²) < 4.78 is 17.7. The number of nitrogens with one attached hydrogen (secondary N) is 1. The summed E-state index contributed by atoms with van der Waals surface area (Å²) in [6.07, 6.45) is 1.55. The summed E-state index contributed by atoms with van der Waals surface area (Å²) in [6.45, 7) is 0.213. The lowest BCUT2D eigenvalue weighted by Gasteiger charge is -2.10. The summed E-state index contributed by atoms with van der Waals surface area (Å²) in [7, 11) is 1.63. The molecule has 6 nitrogen and oxygen atoms in total. The molecule has 0 unspecified atom stereocenters. The number of para-hydroxylation sites is 1. The molecule has 0 fully saturated rings. The van der Waals surface area contributed by atoms with Crippen LogP contribution in [0.5, 0.6) is 17.2 Å². The minimum atomic E-state index is -0.369. The van der Waals surface area contributed by atoms with Gasteiger partial charge in [-0.05, 0) is 62.6 Å². The average Bonchev–Trinajstić information content (AvgIpc) is 2.88. The van der Waals surface area contributed by atoms with E-state index in [4.69, 9.17) is 14.2 Å². The number of amides is 1. The van der Waals surface area contributed by atoms with Gasteiger partial charge in [0.2, 0.25) is 0 Å². The van der Waals surface area contributed by atoms with Crippen LogP contribution in [0, 0.1) is 0 Å². The van der Waals surface area contributed by atoms with Crippen molar-refractivity contribution in [3.63, 3.8) is 0 Å². The number of methoxy groups -OCH3 is 1. The minimum absolute atomic E-state index is 0.164. The maximum absolute atomic E-state index is 12.2. The second kappa shape index (κ2) is 11.3. The van der Waals surface area contributed by atoms with Gasteiger partial charge in [0.1, 0.15) is 23.9 Å². The van der Waals surface area contributed by atoms with Crippen LogP contribution in [0.25, 0.3) is 10.8 Å². The number of ether oxygens (including phenoxy) is 3. The quantitative estimate of drug-likeness (QED) is 0.227. The van der Waals surface area contributed by atoms with Crippen molar-refractivity contribution < 1.29 is 19.0 Å². The van der Waals surface area contributed by atoms with E-state index in [-0.39, 0.29) is 12.5 Å². The number of hydrazone groups is 1. The molecule has 0 aromatic heterocycles. The van der Waals surface area contributed by atoms with Crippen LogP contribution in [0.15, 0.2) is 94.5 Å². The summed E-state index contributed by atoms with van der Waals surface area (Å²) in [5.41, 5.74) is 4.21. The number of carbonyl (C=O) groups is 1. The van der Waals surface area contributed by atoms with Crippen molar-refractivity contribution in [3.8, 4) is 17.2 Å². The first kappa shape index (κ1) is 23.3. The number of rotatable bonds is 9. The molecule has 0 radical (unpaired) electrons. The smallest absolute Gasteiger partial charge is 0.277 e. The highest BCUT2D eigenvalue weighted by Gasteiger charge is 2.08. The molecule has 0 saturated heterocycles. The summed E-state index contributed by atoms with van der Waals surface area (Å²) in [5, 5.41) is 6.16. The highest BCUT2D eigenvalue weighted by Crippen LogP contribution is 2.33. The summed E-state index contributed by atoms with van der Waals surface area (Å²) >= 11 is 3.56. The van der Waals surface area contributed by atoms with Gasteiger partial charge in [0.25, 0.3) is 5.91 Å². The molecule has 1 amide bonds. The van der Waals surface area contributed by atoms with E-state index in [9.17, 15) is 4.79 Å². The van der Waals surface area contributed by atoms with E-state index in [0.717, 1.165) is 32.1 Å². The van der Waals surface area contributed by atoms with Crippen LogP contribution in [-0.4, -0.2) is 25.8 Å². The van der Waals surface area contributed by atoms with Gasteiger partial charge in [-0.1, -0.05) is 54.6 Å². The second-order valence-corrected chi connectivity index (χ2v) is 8.15. The van der Waals surface area contributed by atoms with Crippen LogP contribution in [0.1, 0.15) is 11.1 Å². The normalized spacial score (nSPS) is 10.9. The Labute approximate surface area is 206 Å². The maximum atomic E-state index is 12.2. The van der Waals surface area contributed by atoms with Crippen LogP contribution in [0.4, 0.5) is 0 Å². The van der Waals surface area contributed by atoms with Gasteiger partial charge in [-0.2, -0.15) is 5.10 Å². The van der Waals surface area contributed by atoms with Crippen molar-refractivity contribution in [1.29, 1.82) is 0 Å². The van der Waals surface area contributed by atoms with Crippen molar-refractivity contribution in [2.45, 2.75) is 6.61 Å². The molecular formula is C27H23BrN2O4. The molecule has 0 saturated carbocycles. The average molecular weight is 519 g/mol. The molecule has 0 aliphatic heterocycles. The van der Waals surface area contributed by atoms with E-state index in [1.165, 1.54) is 0 Å². The lowest BCUT2D eigenvalue weighted by atomic mass is 10.1. The van der Waals surface area contributed by atoms with Crippen LogP contribution < -0.4 is 19.6 Å². The lowest BCUT2D eigenvalue weighted by molar-refractivity contribution is -0.123. The highest BCUT2D eigenvalue weighted by molar-refractivity contribution is 9.10. The molecule has 0 bridgehead atoms. The third kappa shape index (κ3) is 5.94. The van der Waals surface area contributed by atoms with Crippen LogP contribution in [-0.2, 0) is 11.4 Å². The van der Waals surface area contributed by atoms with Crippen molar-refractivity contribution in [3.05, 3.63) is 101 Å². The Morgan fingerprint density at radius 3 is 2.65 bits per heavy atom. The van der Waals surface area contributed by atoms with Gasteiger partial charge < -0.3 is 14.2 Å². The summed E-state index contributed by atoms with van der Waals surface area (Å²) in [4.78, 5) is 12.2. The van der Waals surface area contributed by atoms with Crippen molar-refractivity contribution in [1.82, 2.24) is 5.43 Å². The third-order valence-corrected chi connectivity index (χ3v) is 5.84. The molecule has 4 aromatic rings. The largest absolute Gasteiger partial charge is 0.497 e. The van der Waals surface area contributed by atoms with Gasteiger partial charge in [-0.15, -0.1) is 0 Å². The first-order valence-corrected chi connectivity index (χ1v) is 11.4. The van der Waals surface area contributed by atoms with Crippen LogP contribution in [0.2, 0.25) is 0 Å². The topological polar surface area (TPSA) is 69.2 Å². The predicted molar refractivity (Wildman–Crippen MR) is 137 cm³/mol. The molecule has 0 spiro atoms. The molecule has 7 heteroatoms. The van der Waals surface area contributed by atoms with Gasteiger partial charge in [0.05, 0.1) is 17.8 Å². The Hall–Kier alpha value is -3.84. The molecular weight excluding hydrogens is 496 g/mol. The predicted octanol–water partition coefficient (Wildman–Crippen LogP) is 5.72. The molecule has 0 heterocycles. The first-order valence-electron chi connectivity index (χ1n) is 10.6. The number of fused-ring (bicyclic) bond motifs is 1. The van der Waals surface area contributed by atoms with Crippen molar-refractivity contribution >= 4 is 38.8 Å². The molecule has 0 atom stereocenters. The Balaban J connectivity index is 1.32. The molecule has 1 N–H and O–H groups in total. The van der Waals surface area contributed by atoms with Gasteiger partial charge in [-0.25, -0.2) is 5.43 Å². The van der Waals surface area contributed by atoms with Gasteiger partial charge >= 0.3 is 0 Å². The van der Waals surface area contributed by atoms with E-state index in [1.807, 2.05) is 84.9 Å². The second-order valence-electron chi connectivity index (χ2n) is 7.36. The Morgan fingerprint density at radius 1 is 0.941 bits per heavy atom. The van der Waals surface area contributed by atoms with E-state index < -0.39 is 0 Å². The van der Waals surface area contributed by atoms with E-state index in [2.05, 4.69) is 26.5 Å². The van der Waals surface area contributed by atoms with Crippen LogP contribution in [0.3, 0.4) is 0 Å². The Kier molecular flexibility index (Phi) is 7.78. The lowest BCUT2D eigenvalue weighted by Crippen LogP contribution is -2.24. The standard InChI is InChI=1S/C27H23BrN2O4/c1-32-22-10-6-7-19(15-22)17-33-24-12-5-3-9-21(24)16-29-30-26(31)18-34-25-14-13-20-8-2-4-11-23(20)27(25)28/h2-16H,17-18H2,1H3,(H,30,31). The number of nitrogens with zero attached hydrogens (tertiary/aromatic N) is 1. The molecule has 172 valence electrons. The van der Waals surface area contributed by atoms with Crippen LogP contribution >= 0.6 is 15.9 Å². The zero-order chi connectivity index (χ0) is 23.8. The zero-order valence-corrected chi connectivity index (χ0v) is 20.1. The minimum Gasteiger partial charge on any atom is -0.497 e. The molecule has 0 aliphatic carbocycles. The zero-order valence-electron chi connectivity index (χ0n) is 18.5. The fourth-order valence-electron chi connectivity index (χ4n) is 3.32. The molecule has 34 heavy (non-hydrogen) atoms. The van der Waals surface area contributed by atoms with Gasteiger partial charge in [0, 0.05) is 5.56 Å². The fraction of sp³-hybridized carbons (Fsp3) is 0.111. The summed E-state index contributed by atoms with van der Waals surface area (Å²) in [6, 6.07) is 26.9. The fourth-order valence-corrected chi connectivity index (χ4v) is 3.92. The number of benzene rings is 4. The van der Waals surface area contributed by atoms with Gasteiger partial charge in [0.15, 0.2) is 6.61 Å². The third-order valence-electron chi connectivity index (χ3n) is 5.03. The SMILES string of the molecule is COc1cccc(COc2ccccc2C=NNC(=O)COc2ccc3ccccc3c2Br)c1. The number of halogens is 1. The maximum Gasteiger partial charge on any atom is 0.277 e. The molecule has 4 rings (SSSR count). The number of hydrogen-bond acceptors (Lipinski definition) is 5. The molecule has 0 aliphatic rings. The van der Waals surface area contributed by atoms with Gasteiger partial charge in [-0.3, -0.25) is 4.79 Å². The monoisotopic (exact) mass is 518 g/mol. The number of carbonyl (C=O) groups excluding carboxylic acids is 1. The van der Waals surface area contributed by atoms with Crippen molar-refractivity contribution in [2.24, 2.45) is 5.10 Å². The van der Waals surface area contributed by atoms with E-state index in [0.29, 0.717) is 18.1 Å². The Morgan fingerprint density at radius 2 is 1.76 bits per heavy atom. The van der Waals surface area contributed by atoms with Crippen molar-refractivity contribution in [2.75, 3.05) is 13.7 Å². The highest BCUT2D eigenvalue weighted by atomic mass is 79.9. The van der Waals surface area contributed by atoms with E-state index in [1.54, 1.807) is 13.3 Å². The first-order chi connectivity index (χ1) is 16.6. The Bertz CT molecular complexity index is 1320. The number of hydrogen-bond donors (Lipinski definition) is 1.